The fourth-order valence-corrected chi connectivity index (χ4v) is 2.16. The SMILES string of the molecule is NNC(Cc1cc(F)ccc1Cl)c1ccc(F)cc1F. The second-order valence-corrected chi connectivity index (χ2v) is 4.73. The summed E-state index contributed by atoms with van der Waals surface area (Å²) in [5.74, 6) is 3.56. The molecule has 0 saturated heterocycles. The van der Waals surface area contributed by atoms with Gasteiger partial charge in [0.2, 0.25) is 0 Å². The first-order chi connectivity index (χ1) is 9.51. The van der Waals surface area contributed by atoms with Gasteiger partial charge in [0.05, 0.1) is 6.04 Å². The van der Waals surface area contributed by atoms with E-state index >= 15 is 0 Å². The quantitative estimate of drug-likeness (QED) is 0.670. The third-order valence-corrected chi connectivity index (χ3v) is 3.34. The number of nitrogens with one attached hydrogen (secondary N) is 1. The minimum absolute atomic E-state index is 0.176. The van der Waals surface area contributed by atoms with Crippen LogP contribution in [0.3, 0.4) is 0 Å². The topological polar surface area (TPSA) is 38.0 Å². The molecule has 1 atom stereocenters. The van der Waals surface area contributed by atoms with Crippen LogP contribution < -0.4 is 11.3 Å². The Morgan fingerprint density at radius 1 is 1.05 bits per heavy atom. The highest BCUT2D eigenvalue weighted by Crippen LogP contribution is 2.25. The summed E-state index contributed by atoms with van der Waals surface area (Å²) in [6, 6.07) is 6.46. The van der Waals surface area contributed by atoms with Crippen LogP contribution in [0.5, 0.6) is 0 Å². The van der Waals surface area contributed by atoms with E-state index in [1.165, 1.54) is 24.3 Å². The Labute approximate surface area is 119 Å². The zero-order valence-corrected chi connectivity index (χ0v) is 11.1. The monoisotopic (exact) mass is 300 g/mol. The van der Waals surface area contributed by atoms with Crippen LogP contribution in [0, 0.1) is 17.5 Å². The Morgan fingerprint density at radius 2 is 1.70 bits per heavy atom. The molecule has 2 rings (SSSR count). The fraction of sp³-hybridized carbons (Fsp3) is 0.143. The normalized spacial score (nSPS) is 12.4. The molecule has 0 heterocycles. The van der Waals surface area contributed by atoms with E-state index in [9.17, 15) is 13.2 Å². The van der Waals surface area contributed by atoms with Crippen molar-refractivity contribution in [2.75, 3.05) is 0 Å². The number of halogens is 4. The van der Waals surface area contributed by atoms with Crippen LogP contribution in [0.1, 0.15) is 17.2 Å². The first-order valence-corrected chi connectivity index (χ1v) is 6.24. The van der Waals surface area contributed by atoms with Crippen LogP contribution >= 0.6 is 11.6 Å². The third kappa shape index (κ3) is 3.30. The van der Waals surface area contributed by atoms with E-state index in [-0.39, 0.29) is 12.0 Å². The minimum atomic E-state index is -0.722. The molecule has 1 unspecified atom stereocenters. The Balaban J connectivity index is 2.31. The van der Waals surface area contributed by atoms with E-state index in [0.29, 0.717) is 10.6 Å². The molecule has 2 aromatic rings. The van der Waals surface area contributed by atoms with Crippen molar-refractivity contribution in [1.29, 1.82) is 0 Å². The molecule has 3 N–H and O–H groups in total. The van der Waals surface area contributed by atoms with Gasteiger partial charge in [0.25, 0.3) is 0 Å². The molecule has 20 heavy (non-hydrogen) atoms. The average Bonchev–Trinajstić information content (AvgIpc) is 2.40. The number of benzene rings is 2. The standard InChI is InChI=1S/C14H12ClF3N2/c15-12-4-2-9(16)5-8(12)6-14(20-19)11-3-1-10(17)7-13(11)18/h1-5,7,14,20H,6,19H2. The molecule has 0 spiro atoms. The lowest BCUT2D eigenvalue weighted by molar-refractivity contribution is 0.501. The summed E-state index contributed by atoms with van der Waals surface area (Å²) in [4.78, 5) is 0. The summed E-state index contributed by atoms with van der Waals surface area (Å²) in [6.45, 7) is 0. The van der Waals surface area contributed by atoms with Crippen molar-refractivity contribution < 1.29 is 13.2 Å². The van der Waals surface area contributed by atoms with Crippen LogP contribution in [-0.2, 0) is 6.42 Å². The highest BCUT2D eigenvalue weighted by atomic mass is 35.5. The van der Waals surface area contributed by atoms with Gasteiger partial charge in [-0.05, 0) is 36.2 Å². The second-order valence-electron chi connectivity index (χ2n) is 4.32. The van der Waals surface area contributed by atoms with Gasteiger partial charge >= 0.3 is 0 Å². The first-order valence-electron chi connectivity index (χ1n) is 5.86. The highest BCUT2D eigenvalue weighted by molar-refractivity contribution is 6.31. The summed E-state index contributed by atoms with van der Waals surface area (Å²) in [5.41, 5.74) is 3.10. The van der Waals surface area contributed by atoms with Crippen molar-refractivity contribution >= 4 is 11.6 Å². The number of nitrogens with two attached hydrogens (primary N) is 1. The van der Waals surface area contributed by atoms with Gasteiger partial charge in [-0.3, -0.25) is 11.3 Å². The molecule has 2 nitrogen and oxygen atoms in total. The van der Waals surface area contributed by atoms with Gasteiger partial charge in [0.1, 0.15) is 17.5 Å². The van der Waals surface area contributed by atoms with Gasteiger partial charge < -0.3 is 0 Å². The highest BCUT2D eigenvalue weighted by Gasteiger charge is 2.17. The maximum absolute atomic E-state index is 13.7. The summed E-state index contributed by atoms with van der Waals surface area (Å²) in [6.07, 6.45) is 0.176. The van der Waals surface area contributed by atoms with Gasteiger partial charge in [0, 0.05) is 16.7 Å². The number of hydrogen-bond acceptors (Lipinski definition) is 2. The van der Waals surface area contributed by atoms with E-state index in [4.69, 9.17) is 17.4 Å². The summed E-state index contributed by atoms with van der Waals surface area (Å²) in [7, 11) is 0. The Bertz CT molecular complexity index is 619. The Hall–Kier alpha value is -1.56. The van der Waals surface area contributed by atoms with Crippen LogP contribution in [0.25, 0.3) is 0 Å². The number of hydrogen-bond donors (Lipinski definition) is 2. The Kier molecular flexibility index (Phi) is 4.65. The van der Waals surface area contributed by atoms with Crippen molar-refractivity contribution in [3.8, 4) is 0 Å². The van der Waals surface area contributed by atoms with Gasteiger partial charge in [-0.1, -0.05) is 17.7 Å². The predicted molar refractivity (Wildman–Crippen MR) is 71.5 cm³/mol. The minimum Gasteiger partial charge on any atom is -0.271 e. The molecule has 106 valence electrons. The molecular formula is C14H12ClF3N2. The molecule has 0 aliphatic rings. The maximum Gasteiger partial charge on any atom is 0.130 e. The van der Waals surface area contributed by atoms with E-state index in [1.54, 1.807) is 0 Å². The van der Waals surface area contributed by atoms with Crippen molar-refractivity contribution in [1.82, 2.24) is 5.43 Å². The largest absolute Gasteiger partial charge is 0.271 e. The number of hydrazine groups is 1. The van der Waals surface area contributed by atoms with Crippen LogP contribution in [-0.4, -0.2) is 0 Å². The first kappa shape index (κ1) is 14.8. The second kappa shape index (κ2) is 6.26. The molecule has 2 aromatic carbocycles. The third-order valence-electron chi connectivity index (χ3n) is 2.97. The van der Waals surface area contributed by atoms with Gasteiger partial charge in [-0.2, -0.15) is 0 Å². The van der Waals surface area contributed by atoms with Crippen LogP contribution in [0.15, 0.2) is 36.4 Å². The van der Waals surface area contributed by atoms with Crippen molar-refractivity contribution in [3.05, 3.63) is 70.0 Å². The van der Waals surface area contributed by atoms with Crippen molar-refractivity contribution in [2.24, 2.45) is 5.84 Å². The molecule has 0 fully saturated rings. The lowest BCUT2D eigenvalue weighted by Gasteiger charge is -2.18. The lowest BCUT2D eigenvalue weighted by atomic mass is 9.98. The van der Waals surface area contributed by atoms with E-state index in [0.717, 1.165) is 12.1 Å². The molecule has 0 radical (unpaired) electrons. The van der Waals surface area contributed by atoms with E-state index in [1.807, 2.05) is 0 Å². The zero-order valence-electron chi connectivity index (χ0n) is 10.3. The van der Waals surface area contributed by atoms with E-state index in [2.05, 4.69) is 5.43 Å². The molecule has 0 aromatic heterocycles. The average molecular weight is 301 g/mol. The maximum atomic E-state index is 13.7. The molecule has 6 heteroatoms. The van der Waals surface area contributed by atoms with Crippen LogP contribution in [0.2, 0.25) is 5.02 Å². The van der Waals surface area contributed by atoms with Gasteiger partial charge in [0.15, 0.2) is 0 Å². The summed E-state index contributed by atoms with van der Waals surface area (Å²) >= 11 is 5.96. The zero-order chi connectivity index (χ0) is 14.7. The van der Waals surface area contributed by atoms with Crippen LogP contribution in [0.4, 0.5) is 13.2 Å². The molecule has 0 aliphatic heterocycles. The smallest absolute Gasteiger partial charge is 0.130 e. The van der Waals surface area contributed by atoms with E-state index < -0.39 is 23.5 Å². The summed E-state index contributed by atoms with van der Waals surface area (Å²) in [5, 5.41) is 0.356. The molecule has 0 amide bonds. The van der Waals surface area contributed by atoms with Crippen molar-refractivity contribution in [2.45, 2.75) is 12.5 Å². The lowest BCUT2D eigenvalue weighted by Crippen LogP contribution is -2.30. The Morgan fingerprint density at radius 3 is 2.35 bits per heavy atom. The number of rotatable bonds is 4. The van der Waals surface area contributed by atoms with Crippen molar-refractivity contribution in [3.63, 3.8) is 0 Å². The molecule has 0 bridgehead atoms. The van der Waals surface area contributed by atoms with Gasteiger partial charge in [-0.25, -0.2) is 13.2 Å². The predicted octanol–water partition coefficient (Wildman–Crippen LogP) is 3.50. The fourth-order valence-electron chi connectivity index (χ4n) is 1.96. The molecular weight excluding hydrogens is 289 g/mol. The molecule has 0 aliphatic carbocycles. The molecule has 0 saturated carbocycles. The van der Waals surface area contributed by atoms with Gasteiger partial charge in [-0.15, -0.1) is 0 Å². The summed E-state index contributed by atoms with van der Waals surface area (Å²) < 4.78 is 39.8.